The average molecular weight is 437 g/mol. The van der Waals surface area contributed by atoms with Crippen LogP contribution >= 0.6 is 0 Å². The highest BCUT2D eigenvalue weighted by molar-refractivity contribution is 5.84. The van der Waals surface area contributed by atoms with E-state index in [2.05, 4.69) is 22.8 Å². The summed E-state index contributed by atoms with van der Waals surface area (Å²) in [5, 5.41) is 7.10. The predicted molar refractivity (Wildman–Crippen MR) is 123 cm³/mol. The highest BCUT2D eigenvalue weighted by Gasteiger charge is 2.53. The van der Waals surface area contributed by atoms with Crippen LogP contribution in [0.5, 0.6) is 0 Å². The van der Waals surface area contributed by atoms with Crippen molar-refractivity contribution in [2.45, 2.75) is 101 Å². The van der Waals surface area contributed by atoms with Crippen LogP contribution in [0.4, 0.5) is 0 Å². The predicted octanol–water partition coefficient (Wildman–Crippen LogP) is 4.74. The van der Waals surface area contributed by atoms with E-state index in [0.29, 0.717) is 0 Å². The van der Waals surface area contributed by atoms with E-state index in [1.807, 2.05) is 0 Å². The lowest BCUT2D eigenvalue weighted by Gasteiger charge is -2.57. The first-order valence-corrected chi connectivity index (χ1v) is 13.8. The third-order valence-electron chi connectivity index (χ3n) is 10.9. The number of carbonyl (C=O) groups excluding carboxylic acids is 2. The van der Waals surface area contributed by atoms with Gasteiger partial charge >= 0.3 is 0 Å². The van der Waals surface area contributed by atoms with E-state index in [9.17, 15) is 9.59 Å². The molecule has 0 aliphatic heterocycles. The molecule has 9 rings (SSSR count). The van der Waals surface area contributed by atoms with Gasteiger partial charge in [0.05, 0.1) is 11.8 Å². The molecule has 0 aromatic rings. The first-order chi connectivity index (χ1) is 15.4. The molecule has 9 aliphatic carbocycles. The SMILES string of the molecule is O=C(NC12CC3CC(CC(C3)C1)C2)C1C=CC(C(=O)NC23CC4CC(CC(C4)C2)C3)CC1. The van der Waals surface area contributed by atoms with Crippen LogP contribution < -0.4 is 10.6 Å². The second kappa shape index (κ2) is 7.09. The van der Waals surface area contributed by atoms with Gasteiger partial charge in [-0.05, 0) is 125 Å². The van der Waals surface area contributed by atoms with Crippen molar-refractivity contribution in [2.24, 2.45) is 47.3 Å². The normalized spacial score (nSPS) is 52.2. The summed E-state index contributed by atoms with van der Waals surface area (Å²) >= 11 is 0. The molecule has 0 radical (unpaired) electrons. The summed E-state index contributed by atoms with van der Waals surface area (Å²) in [7, 11) is 0. The van der Waals surface area contributed by atoms with Crippen molar-refractivity contribution in [3.63, 3.8) is 0 Å². The Bertz CT molecular complexity index is 706. The fraction of sp³-hybridized carbons (Fsp3) is 0.857. The van der Waals surface area contributed by atoms with Gasteiger partial charge in [0.1, 0.15) is 0 Å². The zero-order chi connectivity index (χ0) is 21.5. The molecule has 2 atom stereocenters. The summed E-state index contributed by atoms with van der Waals surface area (Å²) in [5.41, 5.74) is 0.179. The first kappa shape index (κ1) is 20.1. The van der Waals surface area contributed by atoms with Crippen LogP contribution in [0.25, 0.3) is 0 Å². The summed E-state index contributed by atoms with van der Waals surface area (Å²) < 4.78 is 0. The van der Waals surface area contributed by atoms with E-state index in [1.165, 1.54) is 77.0 Å². The van der Waals surface area contributed by atoms with Gasteiger partial charge in [-0.2, -0.15) is 0 Å². The van der Waals surface area contributed by atoms with Crippen molar-refractivity contribution in [3.8, 4) is 0 Å². The number of amides is 2. The second-order valence-corrected chi connectivity index (χ2v) is 13.5. The molecule has 0 spiro atoms. The van der Waals surface area contributed by atoms with Gasteiger partial charge in [0.25, 0.3) is 0 Å². The lowest BCUT2D eigenvalue weighted by Crippen LogP contribution is -2.61. The van der Waals surface area contributed by atoms with Crippen LogP contribution in [0.2, 0.25) is 0 Å². The van der Waals surface area contributed by atoms with Crippen LogP contribution in [-0.2, 0) is 9.59 Å². The molecule has 32 heavy (non-hydrogen) atoms. The highest BCUT2D eigenvalue weighted by atomic mass is 16.2. The smallest absolute Gasteiger partial charge is 0.227 e. The summed E-state index contributed by atoms with van der Waals surface area (Å²) in [6.07, 6.45) is 21.4. The minimum Gasteiger partial charge on any atom is -0.350 e. The Labute approximate surface area is 192 Å². The Balaban J connectivity index is 0.975. The van der Waals surface area contributed by atoms with Gasteiger partial charge in [-0.1, -0.05) is 12.2 Å². The molecule has 2 unspecified atom stereocenters. The average Bonchev–Trinajstić information content (AvgIpc) is 2.71. The molecule has 0 aromatic carbocycles. The van der Waals surface area contributed by atoms with Gasteiger partial charge in [0.2, 0.25) is 11.8 Å². The zero-order valence-corrected chi connectivity index (χ0v) is 19.5. The van der Waals surface area contributed by atoms with Crippen molar-refractivity contribution in [3.05, 3.63) is 12.2 Å². The molecule has 0 heterocycles. The van der Waals surface area contributed by atoms with Crippen molar-refractivity contribution >= 4 is 11.8 Å². The molecular formula is C28H40N2O2. The standard InChI is InChI=1S/C28H40N2O2/c31-25(29-27-11-17-5-18(12-27)7-19(6-17)13-27)23-1-2-24(4-3-23)26(32)30-28-14-20-8-21(15-28)10-22(9-20)16-28/h1-2,17-24H,3-16H2,(H,29,31)(H,30,32). The van der Waals surface area contributed by atoms with E-state index in [-0.39, 0.29) is 34.7 Å². The molecule has 0 aromatic heterocycles. The summed E-state index contributed by atoms with van der Waals surface area (Å²) in [5.74, 6) is 5.44. The number of hydrogen-bond donors (Lipinski definition) is 2. The zero-order valence-electron chi connectivity index (χ0n) is 19.5. The minimum atomic E-state index is -0.0494. The summed E-state index contributed by atoms with van der Waals surface area (Å²) in [4.78, 5) is 26.4. The van der Waals surface area contributed by atoms with Crippen molar-refractivity contribution in [2.75, 3.05) is 0 Å². The molecule has 2 amide bonds. The van der Waals surface area contributed by atoms with E-state index < -0.39 is 0 Å². The highest BCUT2D eigenvalue weighted by Crippen LogP contribution is 2.57. The minimum absolute atomic E-state index is 0.0494. The molecule has 2 N–H and O–H groups in total. The van der Waals surface area contributed by atoms with Crippen LogP contribution in [-0.4, -0.2) is 22.9 Å². The van der Waals surface area contributed by atoms with Gasteiger partial charge in [0.15, 0.2) is 0 Å². The molecule has 4 nitrogen and oxygen atoms in total. The van der Waals surface area contributed by atoms with E-state index in [0.717, 1.165) is 48.3 Å². The van der Waals surface area contributed by atoms with Crippen LogP contribution in [0, 0.1) is 47.3 Å². The third-order valence-corrected chi connectivity index (χ3v) is 10.9. The lowest BCUT2D eigenvalue weighted by atomic mass is 9.53. The quantitative estimate of drug-likeness (QED) is 0.626. The van der Waals surface area contributed by atoms with Gasteiger partial charge in [-0.15, -0.1) is 0 Å². The summed E-state index contributed by atoms with van der Waals surface area (Å²) in [6, 6.07) is 0. The molecule has 174 valence electrons. The van der Waals surface area contributed by atoms with Crippen molar-refractivity contribution < 1.29 is 9.59 Å². The number of rotatable bonds is 4. The van der Waals surface area contributed by atoms with Gasteiger partial charge < -0.3 is 10.6 Å². The fourth-order valence-electron chi connectivity index (χ4n) is 10.5. The third kappa shape index (κ3) is 3.38. The maximum Gasteiger partial charge on any atom is 0.227 e. The Morgan fingerprint density at radius 2 is 0.812 bits per heavy atom. The monoisotopic (exact) mass is 436 g/mol. The number of carbonyl (C=O) groups is 2. The molecular weight excluding hydrogens is 396 g/mol. The largest absolute Gasteiger partial charge is 0.350 e. The molecule has 8 bridgehead atoms. The topological polar surface area (TPSA) is 58.2 Å². The van der Waals surface area contributed by atoms with Crippen molar-refractivity contribution in [1.82, 2.24) is 10.6 Å². The number of nitrogens with one attached hydrogen (secondary N) is 2. The Kier molecular flexibility index (Phi) is 4.45. The van der Waals surface area contributed by atoms with Crippen LogP contribution in [0.1, 0.15) is 89.9 Å². The van der Waals surface area contributed by atoms with Gasteiger partial charge in [0, 0.05) is 11.1 Å². The molecule has 0 saturated heterocycles. The molecule has 4 heteroatoms. The fourth-order valence-corrected chi connectivity index (χ4v) is 10.5. The van der Waals surface area contributed by atoms with E-state index in [1.54, 1.807) is 0 Å². The van der Waals surface area contributed by atoms with E-state index >= 15 is 0 Å². The molecule has 8 fully saturated rings. The van der Waals surface area contributed by atoms with Crippen LogP contribution in [0.15, 0.2) is 12.2 Å². The van der Waals surface area contributed by atoms with E-state index in [4.69, 9.17) is 0 Å². The Hall–Kier alpha value is -1.32. The molecule has 8 saturated carbocycles. The maximum atomic E-state index is 13.2. The summed E-state index contributed by atoms with van der Waals surface area (Å²) in [6.45, 7) is 0. The first-order valence-electron chi connectivity index (χ1n) is 13.8. The van der Waals surface area contributed by atoms with Crippen LogP contribution in [0.3, 0.4) is 0 Å². The Morgan fingerprint density at radius 1 is 0.531 bits per heavy atom. The van der Waals surface area contributed by atoms with Crippen molar-refractivity contribution in [1.29, 1.82) is 0 Å². The molecule has 9 aliphatic rings. The van der Waals surface area contributed by atoms with Gasteiger partial charge in [-0.25, -0.2) is 0 Å². The Morgan fingerprint density at radius 3 is 1.06 bits per heavy atom. The van der Waals surface area contributed by atoms with Gasteiger partial charge in [-0.3, -0.25) is 9.59 Å². The second-order valence-electron chi connectivity index (χ2n) is 13.5. The lowest BCUT2D eigenvalue weighted by molar-refractivity contribution is -0.132. The number of hydrogen-bond acceptors (Lipinski definition) is 2. The maximum absolute atomic E-state index is 13.2.